The van der Waals surface area contributed by atoms with Gasteiger partial charge >= 0.3 is 5.97 Å². The summed E-state index contributed by atoms with van der Waals surface area (Å²) in [5.74, 6) is 0.556. The Morgan fingerprint density at radius 3 is 2.55 bits per heavy atom. The zero-order valence-electron chi connectivity index (χ0n) is 18.4. The lowest BCUT2D eigenvalue weighted by molar-refractivity contribution is -0.137. The van der Waals surface area contributed by atoms with Gasteiger partial charge < -0.3 is 19.3 Å². The molecule has 31 heavy (non-hydrogen) atoms. The molecule has 0 amide bonds. The molecule has 0 aromatic heterocycles. The molecular weight excluding hydrogens is 399 g/mol. The lowest BCUT2D eigenvalue weighted by Crippen LogP contribution is -2.36. The number of rotatable bonds is 9. The van der Waals surface area contributed by atoms with Crippen molar-refractivity contribution in [3.05, 3.63) is 59.4 Å². The Kier molecular flexibility index (Phi) is 7.55. The molecule has 0 heterocycles. The van der Waals surface area contributed by atoms with Crippen LogP contribution < -0.4 is 9.47 Å². The highest BCUT2D eigenvalue weighted by Crippen LogP contribution is 2.44. The summed E-state index contributed by atoms with van der Waals surface area (Å²) in [5.41, 5.74) is 0.852. The molecule has 6 heteroatoms. The fourth-order valence-electron chi connectivity index (χ4n) is 4.38. The van der Waals surface area contributed by atoms with Gasteiger partial charge in [-0.1, -0.05) is 19.1 Å². The first-order valence-electron chi connectivity index (χ1n) is 10.7. The minimum Gasteiger partial charge on any atom is -0.497 e. The Morgan fingerprint density at radius 1 is 1.16 bits per heavy atom. The molecule has 1 aliphatic rings. The van der Waals surface area contributed by atoms with Gasteiger partial charge in [-0.2, -0.15) is 0 Å². The van der Waals surface area contributed by atoms with Crippen molar-refractivity contribution in [1.29, 1.82) is 0 Å². The van der Waals surface area contributed by atoms with E-state index in [9.17, 15) is 9.18 Å². The number of ether oxygens (including phenoxy) is 3. The first-order valence-corrected chi connectivity index (χ1v) is 10.7. The van der Waals surface area contributed by atoms with Crippen LogP contribution in [0.15, 0.2) is 42.5 Å². The van der Waals surface area contributed by atoms with Gasteiger partial charge in [0.05, 0.1) is 25.7 Å². The predicted octanol–water partition coefficient (Wildman–Crippen LogP) is 5.52. The molecule has 1 aliphatic carbocycles. The highest BCUT2D eigenvalue weighted by molar-refractivity contribution is 5.68. The van der Waals surface area contributed by atoms with Crippen molar-refractivity contribution < 1.29 is 28.5 Å². The first-order chi connectivity index (χ1) is 14.9. The van der Waals surface area contributed by atoms with Crippen LogP contribution in [-0.4, -0.2) is 31.9 Å². The Morgan fingerprint density at radius 2 is 1.90 bits per heavy atom. The van der Waals surface area contributed by atoms with Crippen LogP contribution in [0.1, 0.15) is 56.1 Å². The summed E-state index contributed by atoms with van der Waals surface area (Å²) >= 11 is 0. The SMILES string of the molecule is COc1ccc(F)c(C2(OC)CCC(COc3cccc([C@H](C)CC(=O)O)c3)CC2)c1. The van der Waals surface area contributed by atoms with Crippen molar-refractivity contribution in [3.63, 3.8) is 0 Å². The number of methoxy groups -OCH3 is 2. The number of hydrogen-bond acceptors (Lipinski definition) is 4. The van der Waals surface area contributed by atoms with Crippen LogP contribution in [0, 0.1) is 11.7 Å². The molecule has 0 spiro atoms. The van der Waals surface area contributed by atoms with Gasteiger partial charge in [-0.15, -0.1) is 0 Å². The molecule has 0 bridgehead atoms. The molecular formula is C25H31FO5. The maximum atomic E-state index is 14.6. The second-order valence-electron chi connectivity index (χ2n) is 8.37. The highest BCUT2D eigenvalue weighted by Gasteiger charge is 2.39. The normalized spacial score (nSPS) is 22.0. The predicted molar refractivity (Wildman–Crippen MR) is 116 cm³/mol. The Balaban J connectivity index is 1.61. The van der Waals surface area contributed by atoms with Crippen LogP contribution >= 0.6 is 0 Å². The third-order valence-corrected chi connectivity index (χ3v) is 6.36. The third kappa shape index (κ3) is 5.56. The van der Waals surface area contributed by atoms with Gasteiger partial charge in [0.15, 0.2) is 0 Å². The number of aliphatic carboxylic acids is 1. The molecule has 0 aliphatic heterocycles. The van der Waals surface area contributed by atoms with Crippen LogP contribution in [-0.2, 0) is 15.1 Å². The summed E-state index contributed by atoms with van der Waals surface area (Å²) in [6.07, 6.45) is 3.22. The maximum absolute atomic E-state index is 14.6. The molecule has 0 unspecified atom stereocenters. The minimum atomic E-state index is -0.810. The van der Waals surface area contributed by atoms with E-state index >= 15 is 0 Å². The quantitative estimate of drug-likeness (QED) is 0.567. The fourth-order valence-corrected chi connectivity index (χ4v) is 4.38. The van der Waals surface area contributed by atoms with Crippen LogP contribution in [0.25, 0.3) is 0 Å². The Hall–Kier alpha value is -2.60. The van der Waals surface area contributed by atoms with E-state index in [1.54, 1.807) is 26.4 Å². The molecule has 1 fully saturated rings. The van der Waals surface area contributed by atoms with Gasteiger partial charge in [0.2, 0.25) is 0 Å². The van der Waals surface area contributed by atoms with Gasteiger partial charge in [0.25, 0.3) is 0 Å². The summed E-state index contributed by atoms with van der Waals surface area (Å²) in [7, 11) is 3.21. The highest BCUT2D eigenvalue weighted by atomic mass is 19.1. The molecule has 1 atom stereocenters. The number of carboxylic acids is 1. The van der Waals surface area contributed by atoms with E-state index in [0.29, 0.717) is 36.7 Å². The molecule has 3 rings (SSSR count). The van der Waals surface area contributed by atoms with E-state index < -0.39 is 11.6 Å². The second kappa shape index (κ2) is 10.1. The van der Waals surface area contributed by atoms with Crippen LogP contribution in [0.5, 0.6) is 11.5 Å². The average molecular weight is 431 g/mol. The van der Waals surface area contributed by atoms with Gasteiger partial charge in [-0.05, 0) is 73.4 Å². The molecule has 168 valence electrons. The zero-order chi connectivity index (χ0) is 22.4. The summed E-state index contributed by atoms with van der Waals surface area (Å²) in [6, 6.07) is 12.4. The summed E-state index contributed by atoms with van der Waals surface area (Å²) in [4.78, 5) is 11.0. The summed E-state index contributed by atoms with van der Waals surface area (Å²) in [6.45, 7) is 2.47. The lowest BCUT2D eigenvalue weighted by Gasteiger charge is -2.39. The summed E-state index contributed by atoms with van der Waals surface area (Å²) in [5, 5.41) is 9.01. The number of benzene rings is 2. The standard InChI is InChI=1S/C25H31FO5/c1-17(13-24(27)28)19-5-4-6-21(14-19)31-16-18-9-11-25(30-3,12-10-18)22-15-20(29-2)7-8-23(22)26/h4-8,14-15,17-18H,9-13,16H2,1-3H3,(H,27,28)/t17-,18?,25?/m1/s1. The zero-order valence-corrected chi connectivity index (χ0v) is 18.4. The van der Waals surface area contributed by atoms with E-state index in [4.69, 9.17) is 19.3 Å². The van der Waals surface area contributed by atoms with Crippen LogP contribution in [0.2, 0.25) is 0 Å². The van der Waals surface area contributed by atoms with Crippen molar-refractivity contribution in [2.24, 2.45) is 5.92 Å². The van der Waals surface area contributed by atoms with Crippen molar-refractivity contribution in [2.75, 3.05) is 20.8 Å². The topological polar surface area (TPSA) is 65.0 Å². The van der Waals surface area contributed by atoms with Crippen molar-refractivity contribution in [3.8, 4) is 11.5 Å². The number of carbonyl (C=O) groups is 1. The molecule has 1 saturated carbocycles. The number of hydrogen-bond donors (Lipinski definition) is 1. The Labute approximate surface area is 183 Å². The Bertz CT molecular complexity index is 889. The van der Waals surface area contributed by atoms with Crippen LogP contribution in [0.4, 0.5) is 4.39 Å². The average Bonchev–Trinajstić information content (AvgIpc) is 2.78. The van der Waals surface area contributed by atoms with Crippen LogP contribution in [0.3, 0.4) is 0 Å². The van der Waals surface area contributed by atoms with Crippen molar-refractivity contribution >= 4 is 5.97 Å². The second-order valence-corrected chi connectivity index (χ2v) is 8.37. The lowest BCUT2D eigenvalue weighted by atomic mass is 9.75. The van der Waals surface area contributed by atoms with E-state index in [1.165, 1.54) is 6.07 Å². The largest absolute Gasteiger partial charge is 0.497 e. The number of carboxylic acid groups (broad SMARTS) is 1. The van der Waals surface area contributed by atoms with Crippen molar-refractivity contribution in [1.82, 2.24) is 0 Å². The van der Waals surface area contributed by atoms with E-state index in [1.807, 2.05) is 31.2 Å². The van der Waals surface area contributed by atoms with Gasteiger partial charge in [-0.3, -0.25) is 4.79 Å². The molecule has 2 aromatic carbocycles. The molecule has 2 aromatic rings. The monoisotopic (exact) mass is 430 g/mol. The molecule has 0 radical (unpaired) electrons. The van der Waals surface area contributed by atoms with Gasteiger partial charge in [-0.25, -0.2) is 4.39 Å². The number of halogens is 1. The van der Waals surface area contributed by atoms with E-state index in [0.717, 1.165) is 24.2 Å². The maximum Gasteiger partial charge on any atom is 0.303 e. The molecule has 1 N–H and O–H groups in total. The van der Waals surface area contributed by atoms with Gasteiger partial charge in [0, 0.05) is 12.7 Å². The molecule has 0 saturated heterocycles. The summed E-state index contributed by atoms with van der Waals surface area (Å²) < 4.78 is 31.7. The van der Waals surface area contributed by atoms with E-state index in [-0.39, 0.29) is 18.2 Å². The van der Waals surface area contributed by atoms with E-state index in [2.05, 4.69) is 0 Å². The first kappa shape index (κ1) is 23.1. The third-order valence-electron chi connectivity index (χ3n) is 6.36. The van der Waals surface area contributed by atoms with Crippen molar-refractivity contribution in [2.45, 2.75) is 50.5 Å². The fraction of sp³-hybridized carbons (Fsp3) is 0.480. The van der Waals surface area contributed by atoms with Gasteiger partial charge in [0.1, 0.15) is 17.3 Å². The smallest absolute Gasteiger partial charge is 0.303 e. The molecule has 5 nitrogen and oxygen atoms in total. The minimum absolute atomic E-state index is 0.0733.